The first kappa shape index (κ1) is 10.9. The van der Waals surface area contributed by atoms with Crippen LogP contribution < -0.4 is 10.6 Å². The van der Waals surface area contributed by atoms with Crippen molar-refractivity contribution in [3.8, 4) is 0 Å². The van der Waals surface area contributed by atoms with E-state index < -0.39 is 0 Å². The number of amides is 1. The second-order valence-electron chi connectivity index (χ2n) is 5.04. The molecular weight excluding hydrogens is 236 g/mol. The summed E-state index contributed by atoms with van der Waals surface area (Å²) in [6.45, 7) is 2.69. The molecule has 1 fully saturated rings. The summed E-state index contributed by atoms with van der Waals surface area (Å²) in [6.07, 6.45) is 3.10. The van der Waals surface area contributed by atoms with Gasteiger partial charge in [-0.15, -0.1) is 0 Å². The summed E-state index contributed by atoms with van der Waals surface area (Å²) in [7, 11) is 0. The fourth-order valence-corrected chi connectivity index (χ4v) is 2.78. The maximum Gasteiger partial charge on any atom is 0.232 e. The molecule has 0 aromatic heterocycles. The van der Waals surface area contributed by atoms with Crippen molar-refractivity contribution < 1.29 is 4.79 Å². The van der Waals surface area contributed by atoms with E-state index in [1.807, 2.05) is 19.1 Å². The normalized spacial score (nSPS) is 20.9. The molecule has 0 radical (unpaired) electrons. The van der Waals surface area contributed by atoms with Gasteiger partial charge in [0.2, 0.25) is 5.91 Å². The molecule has 0 saturated heterocycles. The molecule has 1 aliphatic heterocycles. The summed E-state index contributed by atoms with van der Waals surface area (Å²) in [6, 6.07) is 3.70. The molecule has 1 heterocycles. The Morgan fingerprint density at radius 2 is 2.12 bits per heavy atom. The van der Waals surface area contributed by atoms with E-state index >= 15 is 0 Å². The van der Waals surface area contributed by atoms with Crippen LogP contribution in [0.3, 0.4) is 0 Å². The summed E-state index contributed by atoms with van der Waals surface area (Å²) in [5, 5.41) is 7.14. The number of hydrogen-bond acceptors (Lipinski definition) is 2. The molecule has 1 aromatic carbocycles. The smallest absolute Gasteiger partial charge is 0.232 e. The topological polar surface area (TPSA) is 41.1 Å². The van der Waals surface area contributed by atoms with E-state index in [0.29, 0.717) is 6.54 Å². The highest BCUT2D eigenvalue weighted by molar-refractivity contribution is 6.32. The molecule has 3 rings (SSSR count). The van der Waals surface area contributed by atoms with Crippen LogP contribution >= 0.6 is 11.6 Å². The number of benzene rings is 1. The molecular formula is C13H15ClN2O. The van der Waals surface area contributed by atoms with Crippen molar-refractivity contribution >= 4 is 28.9 Å². The van der Waals surface area contributed by atoms with Gasteiger partial charge in [0.15, 0.2) is 0 Å². The molecule has 1 amide bonds. The van der Waals surface area contributed by atoms with Crippen LogP contribution in [-0.4, -0.2) is 12.5 Å². The van der Waals surface area contributed by atoms with Gasteiger partial charge in [0.25, 0.3) is 0 Å². The van der Waals surface area contributed by atoms with Crippen molar-refractivity contribution in [2.24, 2.45) is 5.41 Å². The lowest BCUT2D eigenvalue weighted by molar-refractivity contribution is -0.129. The minimum absolute atomic E-state index is 0.150. The van der Waals surface area contributed by atoms with Crippen molar-refractivity contribution in [1.82, 2.24) is 0 Å². The third-order valence-corrected chi connectivity index (χ3v) is 4.45. The van der Waals surface area contributed by atoms with Crippen molar-refractivity contribution in [3.05, 3.63) is 22.7 Å². The Labute approximate surface area is 106 Å². The van der Waals surface area contributed by atoms with E-state index in [2.05, 4.69) is 10.6 Å². The van der Waals surface area contributed by atoms with Gasteiger partial charge in [-0.1, -0.05) is 18.0 Å². The van der Waals surface area contributed by atoms with Gasteiger partial charge in [0.05, 0.1) is 16.8 Å². The lowest BCUT2D eigenvalue weighted by atomic mass is 9.68. The molecule has 90 valence electrons. The maximum atomic E-state index is 12.2. The number of carbonyl (C=O) groups excluding carboxylic acids is 1. The molecule has 17 heavy (non-hydrogen) atoms. The van der Waals surface area contributed by atoms with Gasteiger partial charge in [-0.2, -0.15) is 0 Å². The minimum Gasteiger partial charge on any atom is -0.382 e. The van der Waals surface area contributed by atoms with Gasteiger partial charge in [-0.3, -0.25) is 4.79 Å². The molecule has 1 aliphatic carbocycles. The minimum atomic E-state index is -0.196. The van der Waals surface area contributed by atoms with E-state index in [0.717, 1.165) is 41.2 Å². The van der Waals surface area contributed by atoms with Crippen LogP contribution in [0, 0.1) is 12.3 Å². The Balaban J connectivity index is 2.02. The number of carbonyl (C=O) groups is 1. The van der Waals surface area contributed by atoms with Crippen molar-refractivity contribution in [2.75, 3.05) is 17.2 Å². The average Bonchev–Trinajstić information content (AvgIpc) is 2.39. The molecule has 0 unspecified atom stereocenters. The number of rotatable bonds is 0. The molecule has 3 nitrogen and oxygen atoms in total. The maximum absolute atomic E-state index is 12.2. The number of nitrogens with one attached hydrogen (secondary N) is 2. The van der Waals surface area contributed by atoms with E-state index in [1.54, 1.807) is 0 Å². The van der Waals surface area contributed by atoms with E-state index in [-0.39, 0.29) is 11.3 Å². The highest BCUT2D eigenvalue weighted by Gasteiger charge is 2.45. The van der Waals surface area contributed by atoms with Crippen molar-refractivity contribution in [1.29, 1.82) is 0 Å². The molecule has 0 atom stereocenters. The second-order valence-corrected chi connectivity index (χ2v) is 5.44. The van der Waals surface area contributed by atoms with Crippen molar-refractivity contribution in [2.45, 2.75) is 26.2 Å². The second kappa shape index (κ2) is 3.64. The molecule has 1 aromatic rings. The monoisotopic (exact) mass is 250 g/mol. The first-order valence-corrected chi connectivity index (χ1v) is 6.35. The third kappa shape index (κ3) is 1.53. The Morgan fingerprint density at radius 1 is 1.35 bits per heavy atom. The fraction of sp³-hybridized carbons (Fsp3) is 0.462. The lowest BCUT2D eigenvalue weighted by Gasteiger charge is -2.38. The third-order valence-electron chi connectivity index (χ3n) is 4.04. The predicted octanol–water partition coefficient (Wildman–Crippen LogP) is 3.18. The van der Waals surface area contributed by atoms with Crippen LogP contribution in [-0.2, 0) is 4.79 Å². The van der Waals surface area contributed by atoms with E-state index in [9.17, 15) is 4.79 Å². The van der Waals surface area contributed by atoms with Gasteiger partial charge in [0, 0.05) is 11.6 Å². The number of hydrogen-bond donors (Lipinski definition) is 2. The Bertz CT molecular complexity index is 494. The van der Waals surface area contributed by atoms with Gasteiger partial charge in [0.1, 0.15) is 0 Å². The standard InChI is InChI=1S/C13H15ClN2O/c1-8-9(14)3-4-10-11(8)15-7-13(5-2-6-13)12(17)16-10/h3-4,15H,2,5-7H2,1H3,(H,16,17). The zero-order valence-electron chi connectivity index (χ0n) is 9.77. The number of halogens is 1. The van der Waals surface area contributed by atoms with Crippen LogP contribution in [0.4, 0.5) is 11.4 Å². The van der Waals surface area contributed by atoms with E-state index in [1.165, 1.54) is 0 Å². The summed E-state index contributed by atoms with van der Waals surface area (Å²) in [5.41, 5.74) is 2.62. The molecule has 2 aliphatic rings. The fourth-order valence-electron chi connectivity index (χ4n) is 2.62. The number of fused-ring (bicyclic) bond motifs is 1. The van der Waals surface area contributed by atoms with Gasteiger partial charge in [-0.05, 0) is 37.5 Å². The molecule has 4 heteroatoms. The van der Waals surface area contributed by atoms with Gasteiger partial charge in [-0.25, -0.2) is 0 Å². The quantitative estimate of drug-likeness (QED) is 0.743. The first-order valence-electron chi connectivity index (χ1n) is 5.97. The average molecular weight is 251 g/mol. The summed E-state index contributed by atoms with van der Waals surface area (Å²) >= 11 is 6.10. The van der Waals surface area contributed by atoms with E-state index in [4.69, 9.17) is 11.6 Å². The largest absolute Gasteiger partial charge is 0.382 e. The first-order chi connectivity index (χ1) is 8.12. The highest BCUT2D eigenvalue weighted by atomic mass is 35.5. The van der Waals surface area contributed by atoms with Gasteiger partial charge >= 0.3 is 0 Å². The SMILES string of the molecule is Cc1c(Cl)ccc2c1NCC1(CCC1)C(=O)N2. The van der Waals surface area contributed by atoms with Crippen molar-refractivity contribution in [3.63, 3.8) is 0 Å². The van der Waals surface area contributed by atoms with Crippen LogP contribution in [0.1, 0.15) is 24.8 Å². The summed E-state index contributed by atoms with van der Waals surface area (Å²) < 4.78 is 0. The lowest BCUT2D eigenvalue weighted by Crippen LogP contribution is -2.45. The van der Waals surface area contributed by atoms with Crippen LogP contribution in [0.5, 0.6) is 0 Å². The molecule has 1 spiro atoms. The Hall–Kier alpha value is -1.22. The van der Waals surface area contributed by atoms with Crippen LogP contribution in [0.15, 0.2) is 12.1 Å². The zero-order chi connectivity index (χ0) is 12.0. The molecule has 0 bridgehead atoms. The Morgan fingerprint density at radius 3 is 2.76 bits per heavy atom. The molecule has 2 N–H and O–H groups in total. The highest BCUT2D eigenvalue weighted by Crippen LogP contribution is 2.45. The molecule has 1 saturated carbocycles. The number of anilines is 2. The van der Waals surface area contributed by atoms with Crippen LogP contribution in [0.2, 0.25) is 5.02 Å². The zero-order valence-corrected chi connectivity index (χ0v) is 10.5. The summed E-state index contributed by atoms with van der Waals surface area (Å²) in [5.74, 6) is 0.150. The van der Waals surface area contributed by atoms with Gasteiger partial charge < -0.3 is 10.6 Å². The predicted molar refractivity (Wildman–Crippen MR) is 69.6 cm³/mol. The van der Waals surface area contributed by atoms with Crippen LogP contribution in [0.25, 0.3) is 0 Å². The summed E-state index contributed by atoms with van der Waals surface area (Å²) in [4.78, 5) is 12.2. The Kier molecular flexibility index (Phi) is 2.33.